The van der Waals surface area contributed by atoms with Gasteiger partial charge in [0.05, 0.1) is 0 Å². The number of hydrogen-bond acceptors (Lipinski definition) is 3. The van der Waals surface area contributed by atoms with Gasteiger partial charge in [0, 0.05) is 27.1 Å². The molecule has 2 aromatic rings. The zero-order valence-corrected chi connectivity index (χ0v) is 12.2. The maximum atomic E-state index is 11.8. The predicted molar refractivity (Wildman–Crippen MR) is 83.2 cm³/mol. The fourth-order valence-electron chi connectivity index (χ4n) is 1.70. The van der Waals surface area contributed by atoms with Crippen LogP contribution in [0.1, 0.15) is 27.0 Å². The highest BCUT2D eigenvalue weighted by Crippen LogP contribution is 2.16. The lowest BCUT2D eigenvalue weighted by Crippen LogP contribution is -2.08. The number of thiophene rings is 1. The van der Waals surface area contributed by atoms with Crippen LogP contribution in [0.3, 0.4) is 0 Å². The average Bonchev–Trinajstić information content (AvgIpc) is 2.82. The fourth-order valence-corrected chi connectivity index (χ4v) is 2.48. The van der Waals surface area contributed by atoms with Gasteiger partial charge in [-0.1, -0.05) is 12.1 Å². The molecule has 20 heavy (non-hydrogen) atoms. The summed E-state index contributed by atoms with van der Waals surface area (Å²) < 4.78 is 0. The number of carbonyl (C=O) groups is 2. The molecule has 0 bridgehead atoms. The Balaban J connectivity index is 2.02. The number of amides is 1. The van der Waals surface area contributed by atoms with Crippen LogP contribution in [-0.2, 0) is 4.79 Å². The van der Waals surface area contributed by atoms with Crippen LogP contribution in [0.5, 0.6) is 0 Å². The molecular formula is C16H15NO2S. The summed E-state index contributed by atoms with van der Waals surface area (Å²) >= 11 is 1.63. The molecule has 0 fully saturated rings. The van der Waals surface area contributed by atoms with E-state index in [1.165, 1.54) is 17.9 Å². The van der Waals surface area contributed by atoms with E-state index < -0.39 is 0 Å². The standard InChI is InChI=1S/C16H15NO2S/c1-11-6-7-15(20-11)8-9-16(19)17-14-5-3-4-13(10-14)12(2)18/h3-10H,1-2H3,(H,17,19). The summed E-state index contributed by atoms with van der Waals surface area (Å²) in [5.74, 6) is -0.234. The Morgan fingerprint density at radius 2 is 2.00 bits per heavy atom. The van der Waals surface area contributed by atoms with E-state index in [0.717, 1.165) is 4.88 Å². The molecule has 1 aromatic heterocycles. The van der Waals surface area contributed by atoms with Gasteiger partial charge in [0.1, 0.15) is 0 Å². The molecule has 0 saturated carbocycles. The molecule has 0 atom stereocenters. The first-order valence-corrected chi connectivity index (χ1v) is 7.03. The van der Waals surface area contributed by atoms with Crippen LogP contribution in [0, 0.1) is 6.92 Å². The van der Waals surface area contributed by atoms with Crippen LogP contribution >= 0.6 is 11.3 Å². The normalized spacial score (nSPS) is 10.7. The summed E-state index contributed by atoms with van der Waals surface area (Å²) in [6, 6.07) is 10.9. The van der Waals surface area contributed by atoms with Gasteiger partial charge in [-0.25, -0.2) is 0 Å². The summed E-state index contributed by atoms with van der Waals surface area (Å²) in [6.45, 7) is 3.52. The first-order chi connectivity index (χ1) is 9.54. The van der Waals surface area contributed by atoms with Crippen molar-refractivity contribution in [1.29, 1.82) is 0 Å². The molecule has 3 nitrogen and oxygen atoms in total. The van der Waals surface area contributed by atoms with Gasteiger partial charge in [0.25, 0.3) is 0 Å². The van der Waals surface area contributed by atoms with Gasteiger partial charge in [-0.3, -0.25) is 9.59 Å². The minimum atomic E-state index is -0.211. The molecule has 0 radical (unpaired) electrons. The van der Waals surface area contributed by atoms with Gasteiger partial charge in [-0.2, -0.15) is 0 Å². The lowest BCUT2D eigenvalue weighted by atomic mass is 10.1. The third kappa shape index (κ3) is 3.90. The summed E-state index contributed by atoms with van der Waals surface area (Å²) in [5, 5.41) is 2.74. The lowest BCUT2D eigenvalue weighted by molar-refractivity contribution is -0.111. The van der Waals surface area contributed by atoms with Gasteiger partial charge in [-0.15, -0.1) is 11.3 Å². The average molecular weight is 285 g/mol. The molecule has 0 unspecified atom stereocenters. The van der Waals surface area contributed by atoms with E-state index in [2.05, 4.69) is 5.32 Å². The number of benzene rings is 1. The van der Waals surface area contributed by atoms with E-state index in [1.807, 2.05) is 19.1 Å². The SMILES string of the molecule is CC(=O)c1cccc(NC(=O)C=Cc2ccc(C)s2)c1. The third-order valence-electron chi connectivity index (χ3n) is 2.70. The molecule has 0 aliphatic heterocycles. The maximum Gasteiger partial charge on any atom is 0.248 e. The second-order valence-corrected chi connectivity index (χ2v) is 5.73. The number of Topliss-reactive ketones (excluding diaryl/α,β-unsaturated/α-hetero) is 1. The van der Waals surface area contributed by atoms with Crippen molar-refractivity contribution in [1.82, 2.24) is 0 Å². The largest absolute Gasteiger partial charge is 0.322 e. The Labute approximate surface area is 122 Å². The van der Waals surface area contributed by atoms with Crippen molar-refractivity contribution in [3.63, 3.8) is 0 Å². The van der Waals surface area contributed by atoms with Crippen molar-refractivity contribution >= 4 is 34.8 Å². The zero-order valence-electron chi connectivity index (χ0n) is 11.3. The molecular weight excluding hydrogens is 270 g/mol. The smallest absolute Gasteiger partial charge is 0.248 e. The second-order valence-electron chi connectivity index (χ2n) is 4.41. The summed E-state index contributed by atoms with van der Waals surface area (Å²) in [7, 11) is 0. The molecule has 1 heterocycles. The van der Waals surface area contributed by atoms with E-state index in [9.17, 15) is 9.59 Å². The Morgan fingerprint density at radius 3 is 2.65 bits per heavy atom. The minimum absolute atomic E-state index is 0.0225. The number of hydrogen-bond donors (Lipinski definition) is 1. The molecule has 0 aliphatic carbocycles. The first-order valence-electron chi connectivity index (χ1n) is 6.21. The fraction of sp³-hybridized carbons (Fsp3) is 0.125. The van der Waals surface area contributed by atoms with Crippen molar-refractivity contribution in [3.8, 4) is 0 Å². The van der Waals surface area contributed by atoms with Gasteiger partial charge < -0.3 is 5.32 Å². The number of ketones is 1. The van der Waals surface area contributed by atoms with Crippen molar-refractivity contribution < 1.29 is 9.59 Å². The Morgan fingerprint density at radius 1 is 1.20 bits per heavy atom. The van der Waals surface area contributed by atoms with E-state index in [1.54, 1.807) is 41.7 Å². The topological polar surface area (TPSA) is 46.2 Å². The monoisotopic (exact) mass is 285 g/mol. The molecule has 0 saturated heterocycles. The Hall–Kier alpha value is -2.20. The Bertz CT molecular complexity index is 671. The van der Waals surface area contributed by atoms with Gasteiger partial charge in [-0.05, 0) is 44.2 Å². The highest BCUT2D eigenvalue weighted by atomic mass is 32.1. The minimum Gasteiger partial charge on any atom is -0.322 e. The van der Waals surface area contributed by atoms with Gasteiger partial charge >= 0.3 is 0 Å². The molecule has 1 aromatic carbocycles. The predicted octanol–water partition coefficient (Wildman–Crippen LogP) is 3.91. The van der Waals surface area contributed by atoms with Crippen LogP contribution in [0.4, 0.5) is 5.69 Å². The van der Waals surface area contributed by atoms with Gasteiger partial charge in [0.15, 0.2) is 5.78 Å². The highest BCUT2D eigenvalue weighted by Gasteiger charge is 2.02. The van der Waals surface area contributed by atoms with Crippen molar-refractivity contribution in [2.75, 3.05) is 5.32 Å². The summed E-state index contributed by atoms with van der Waals surface area (Å²) in [4.78, 5) is 25.3. The quantitative estimate of drug-likeness (QED) is 0.684. The van der Waals surface area contributed by atoms with Crippen molar-refractivity contribution in [2.45, 2.75) is 13.8 Å². The first kappa shape index (κ1) is 14.2. The molecule has 0 spiro atoms. The molecule has 4 heteroatoms. The summed E-state index contributed by atoms with van der Waals surface area (Å²) in [5.41, 5.74) is 1.20. The van der Waals surface area contributed by atoms with Crippen LogP contribution in [-0.4, -0.2) is 11.7 Å². The number of carbonyl (C=O) groups excluding carboxylic acids is 2. The molecule has 102 valence electrons. The van der Waals surface area contributed by atoms with Crippen molar-refractivity contribution in [3.05, 3.63) is 57.8 Å². The number of aryl methyl sites for hydroxylation is 1. The number of nitrogens with one attached hydrogen (secondary N) is 1. The van der Waals surface area contributed by atoms with Gasteiger partial charge in [0.2, 0.25) is 5.91 Å². The van der Waals surface area contributed by atoms with Crippen LogP contribution in [0.2, 0.25) is 0 Å². The zero-order chi connectivity index (χ0) is 14.5. The highest BCUT2D eigenvalue weighted by molar-refractivity contribution is 7.12. The second kappa shape index (κ2) is 6.30. The Kier molecular flexibility index (Phi) is 4.48. The molecule has 2 rings (SSSR count). The van der Waals surface area contributed by atoms with E-state index in [-0.39, 0.29) is 11.7 Å². The molecule has 1 N–H and O–H groups in total. The molecule has 1 amide bonds. The van der Waals surface area contributed by atoms with Crippen LogP contribution in [0.15, 0.2) is 42.5 Å². The van der Waals surface area contributed by atoms with E-state index >= 15 is 0 Å². The van der Waals surface area contributed by atoms with E-state index in [0.29, 0.717) is 11.3 Å². The summed E-state index contributed by atoms with van der Waals surface area (Å²) in [6.07, 6.45) is 3.27. The lowest BCUT2D eigenvalue weighted by Gasteiger charge is -2.03. The van der Waals surface area contributed by atoms with Crippen molar-refractivity contribution in [2.24, 2.45) is 0 Å². The number of rotatable bonds is 4. The maximum absolute atomic E-state index is 11.8. The van der Waals surface area contributed by atoms with E-state index in [4.69, 9.17) is 0 Å². The van der Waals surface area contributed by atoms with Crippen LogP contribution < -0.4 is 5.32 Å². The third-order valence-corrected chi connectivity index (χ3v) is 3.66. The van der Waals surface area contributed by atoms with Crippen LogP contribution in [0.25, 0.3) is 6.08 Å². The molecule has 0 aliphatic rings. The number of anilines is 1.